The largest absolute Gasteiger partial charge is 0.356 e. The van der Waals surface area contributed by atoms with Crippen LogP contribution in [-0.4, -0.2) is 50.8 Å². The van der Waals surface area contributed by atoms with Crippen LogP contribution < -0.4 is 4.90 Å². The van der Waals surface area contributed by atoms with Crippen LogP contribution in [0.25, 0.3) is 0 Å². The third-order valence-electron chi connectivity index (χ3n) is 5.55. The van der Waals surface area contributed by atoms with Gasteiger partial charge in [-0.2, -0.15) is 5.26 Å². The average Bonchev–Trinajstić information content (AvgIpc) is 3.33. The topological polar surface area (TPSA) is 73.9 Å². The smallest absolute Gasteiger partial charge is 0.146 e. The van der Waals surface area contributed by atoms with Gasteiger partial charge in [0, 0.05) is 32.3 Å². The van der Waals surface area contributed by atoms with E-state index in [1.165, 1.54) is 25.9 Å². The lowest BCUT2D eigenvalue weighted by atomic mass is 9.97. The van der Waals surface area contributed by atoms with Crippen molar-refractivity contribution in [1.82, 2.24) is 24.6 Å². The Morgan fingerprint density at radius 1 is 1.19 bits per heavy atom. The molecule has 0 spiro atoms. The number of aromatic nitrogens is 4. The summed E-state index contributed by atoms with van der Waals surface area (Å²) >= 11 is 0. The first-order chi connectivity index (χ1) is 12.7. The Labute approximate surface area is 154 Å². The minimum Gasteiger partial charge on any atom is -0.356 e. The number of piperidine rings is 1. The Balaban J connectivity index is 1.49. The molecule has 7 heteroatoms. The Kier molecular flexibility index (Phi) is 4.85. The number of hydrogen-bond acceptors (Lipinski definition) is 6. The molecule has 7 nitrogen and oxygen atoms in total. The van der Waals surface area contributed by atoms with E-state index < -0.39 is 0 Å². The standard InChI is InChI=1S/C19H25N7/c1-24-18(14-25-8-2-3-9-25)22-23-19(24)16-5-4-10-26(13-16)17-11-15(12-20)6-7-21-17/h6-7,11,16H,2-5,8-10,13-14H2,1H3. The van der Waals surface area contributed by atoms with Crippen LogP contribution >= 0.6 is 0 Å². The van der Waals surface area contributed by atoms with E-state index in [9.17, 15) is 0 Å². The molecule has 0 saturated carbocycles. The first-order valence-corrected chi connectivity index (χ1v) is 9.46. The van der Waals surface area contributed by atoms with Crippen molar-refractivity contribution in [3.05, 3.63) is 35.5 Å². The van der Waals surface area contributed by atoms with E-state index in [4.69, 9.17) is 5.26 Å². The second-order valence-corrected chi connectivity index (χ2v) is 7.32. The molecule has 1 atom stereocenters. The molecule has 0 N–H and O–H groups in total. The zero-order valence-electron chi connectivity index (χ0n) is 15.3. The highest BCUT2D eigenvalue weighted by Gasteiger charge is 2.27. The van der Waals surface area contributed by atoms with E-state index in [2.05, 4.69) is 42.7 Å². The summed E-state index contributed by atoms with van der Waals surface area (Å²) in [6.45, 7) is 5.07. The number of pyridine rings is 1. The molecule has 2 fully saturated rings. The van der Waals surface area contributed by atoms with Crippen molar-refractivity contribution in [3.8, 4) is 6.07 Å². The molecule has 26 heavy (non-hydrogen) atoms. The third kappa shape index (κ3) is 3.42. The van der Waals surface area contributed by atoms with Gasteiger partial charge in [-0.25, -0.2) is 4.98 Å². The van der Waals surface area contributed by atoms with Crippen LogP contribution in [0.1, 0.15) is 48.8 Å². The molecule has 0 bridgehead atoms. The van der Waals surface area contributed by atoms with Gasteiger partial charge in [-0.05, 0) is 50.9 Å². The number of rotatable bonds is 4. The maximum absolute atomic E-state index is 9.12. The van der Waals surface area contributed by atoms with Crippen molar-refractivity contribution in [2.24, 2.45) is 7.05 Å². The van der Waals surface area contributed by atoms with Gasteiger partial charge in [-0.3, -0.25) is 4.90 Å². The van der Waals surface area contributed by atoms with Crippen molar-refractivity contribution in [3.63, 3.8) is 0 Å². The minimum atomic E-state index is 0.348. The van der Waals surface area contributed by atoms with Gasteiger partial charge in [0.1, 0.15) is 17.5 Å². The van der Waals surface area contributed by atoms with Gasteiger partial charge in [0.05, 0.1) is 18.2 Å². The lowest BCUT2D eigenvalue weighted by Gasteiger charge is -2.33. The molecular formula is C19H25N7. The average molecular weight is 351 g/mol. The Hall–Kier alpha value is -2.46. The van der Waals surface area contributed by atoms with Crippen LogP contribution in [0.2, 0.25) is 0 Å². The highest BCUT2D eigenvalue weighted by atomic mass is 15.3. The van der Waals surface area contributed by atoms with E-state index in [1.54, 1.807) is 12.3 Å². The van der Waals surface area contributed by atoms with E-state index >= 15 is 0 Å². The number of anilines is 1. The molecule has 136 valence electrons. The predicted octanol–water partition coefficient (Wildman–Crippen LogP) is 2.06. The Morgan fingerprint density at radius 3 is 2.85 bits per heavy atom. The fraction of sp³-hybridized carbons (Fsp3) is 0.579. The summed E-state index contributed by atoms with van der Waals surface area (Å²) in [5.41, 5.74) is 0.656. The van der Waals surface area contributed by atoms with Crippen molar-refractivity contribution >= 4 is 5.82 Å². The van der Waals surface area contributed by atoms with E-state index in [0.717, 1.165) is 49.9 Å². The molecule has 2 aromatic heterocycles. The molecule has 2 saturated heterocycles. The molecule has 0 radical (unpaired) electrons. The van der Waals surface area contributed by atoms with Crippen LogP contribution in [0.15, 0.2) is 18.3 Å². The van der Waals surface area contributed by atoms with Crippen LogP contribution in [0.5, 0.6) is 0 Å². The highest BCUT2D eigenvalue weighted by molar-refractivity contribution is 5.45. The van der Waals surface area contributed by atoms with Gasteiger partial charge in [-0.1, -0.05) is 0 Å². The summed E-state index contributed by atoms with van der Waals surface area (Å²) in [5.74, 6) is 3.36. The monoisotopic (exact) mass is 351 g/mol. The molecule has 4 heterocycles. The maximum atomic E-state index is 9.12. The zero-order valence-corrected chi connectivity index (χ0v) is 15.3. The van der Waals surface area contributed by atoms with Crippen LogP contribution in [-0.2, 0) is 13.6 Å². The lowest BCUT2D eigenvalue weighted by Crippen LogP contribution is -2.36. The molecule has 0 aromatic carbocycles. The molecule has 0 aliphatic carbocycles. The van der Waals surface area contributed by atoms with Crippen LogP contribution in [0.3, 0.4) is 0 Å². The lowest BCUT2D eigenvalue weighted by molar-refractivity contribution is 0.317. The van der Waals surface area contributed by atoms with Crippen molar-refractivity contribution in [1.29, 1.82) is 5.26 Å². The third-order valence-corrected chi connectivity index (χ3v) is 5.55. The van der Waals surface area contributed by atoms with E-state index in [1.807, 2.05) is 6.07 Å². The molecule has 2 aliphatic heterocycles. The van der Waals surface area contributed by atoms with Crippen molar-refractivity contribution < 1.29 is 0 Å². The number of nitriles is 1. The summed E-state index contributed by atoms with van der Waals surface area (Å²) < 4.78 is 2.19. The number of likely N-dealkylation sites (tertiary alicyclic amines) is 1. The quantitative estimate of drug-likeness (QED) is 0.839. The fourth-order valence-electron chi connectivity index (χ4n) is 4.07. The van der Waals surface area contributed by atoms with Gasteiger partial charge < -0.3 is 9.47 Å². The number of nitrogens with zero attached hydrogens (tertiary/aromatic N) is 7. The summed E-state index contributed by atoms with van der Waals surface area (Å²) in [5, 5.41) is 18.1. The second-order valence-electron chi connectivity index (χ2n) is 7.32. The molecule has 0 amide bonds. The predicted molar refractivity (Wildman–Crippen MR) is 98.7 cm³/mol. The maximum Gasteiger partial charge on any atom is 0.146 e. The summed E-state index contributed by atoms with van der Waals surface area (Å²) in [6.07, 6.45) is 6.50. The first-order valence-electron chi connectivity index (χ1n) is 9.46. The van der Waals surface area contributed by atoms with Crippen LogP contribution in [0.4, 0.5) is 5.82 Å². The van der Waals surface area contributed by atoms with Gasteiger partial charge in [0.25, 0.3) is 0 Å². The number of hydrogen-bond donors (Lipinski definition) is 0. The summed E-state index contributed by atoms with van der Waals surface area (Å²) in [7, 11) is 2.09. The van der Waals surface area contributed by atoms with Crippen molar-refractivity contribution in [2.75, 3.05) is 31.1 Å². The van der Waals surface area contributed by atoms with Crippen LogP contribution in [0, 0.1) is 11.3 Å². The Morgan fingerprint density at radius 2 is 2.04 bits per heavy atom. The molecular weight excluding hydrogens is 326 g/mol. The van der Waals surface area contributed by atoms with Crippen molar-refractivity contribution in [2.45, 2.75) is 38.1 Å². The van der Waals surface area contributed by atoms with Gasteiger partial charge in [-0.15, -0.1) is 10.2 Å². The van der Waals surface area contributed by atoms with Gasteiger partial charge in [0.2, 0.25) is 0 Å². The van der Waals surface area contributed by atoms with E-state index in [0.29, 0.717) is 11.5 Å². The SMILES string of the molecule is Cn1c(CN2CCCC2)nnc1C1CCCN(c2cc(C#N)ccn2)C1. The molecule has 2 aromatic rings. The second kappa shape index (κ2) is 7.42. The highest BCUT2D eigenvalue weighted by Crippen LogP contribution is 2.28. The molecule has 2 aliphatic rings. The summed E-state index contributed by atoms with van der Waals surface area (Å²) in [6, 6.07) is 5.82. The Bertz CT molecular complexity index is 800. The fourth-order valence-corrected chi connectivity index (χ4v) is 4.07. The van der Waals surface area contributed by atoms with Gasteiger partial charge in [0.15, 0.2) is 0 Å². The molecule has 4 rings (SSSR count). The summed E-state index contributed by atoms with van der Waals surface area (Å²) in [4.78, 5) is 9.18. The van der Waals surface area contributed by atoms with Gasteiger partial charge >= 0.3 is 0 Å². The zero-order chi connectivity index (χ0) is 17.9. The first kappa shape index (κ1) is 17.0. The molecule has 1 unspecified atom stereocenters. The minimum absolute atomic E-state index is 0.348. The van der Waals surface area contributed by atoms with E-state index in [-0.39, 0.29) is 0 Å². The normalized spacial score (nSPS) is 21.1.